The van der Waals surface area contributed by atoms with E-state index in [9.17, 15) is 5.11 Å². The third-order valence-corrected chi connectivity index (χ3v) is 4.71. The Balaban J connectivity index is 1.39. The van der Waals surface area contributed by atoms with Crippen LogP contribution in [0.1, 0.15) is 25.3 Å². The average molecular weight is 316 g/mol. The predicted octanol–water partition coefficient (Wildman–Crippen LogP) is 2.14. The fourth-order valence-electron chi connectivity index (χ4n) is 3.45. The van der Waals surface area contributed by atoms with Crippen molar-refractivity contribution in [1.29, 1.82) is 0 Å². The summed E-state index contributed by atoms with van der Waals surface area (Å²) in [4.78, 5) is 2.37. The van der Waals surface area contributed by atoms with Crippen molar-refractivity contribution in [3.8, 4) is 5.75 Å². The Morgan fingerprint density at radius 3 is 2.87 bits per heavy atom. The zero-order valence-electron chi connectivity index (χ0n) is 14.0. The highest BCUT2D eigenvalue weighted by Crippen LogP contribution is 2.25. The summed E-state index contributed by atoms with van der Waals surface area (Å²) in [6.45, 7) is 7.56. The average Bonchev–Trinajstić information content (AvgIpc) is 2.56. The number of nitrogens with one attached hydrogen (secondary N) is 1. The summed E-state index contributed by atoms with van der Waals surface area (Å²) in [7, 11) is 0. The summed E-state index contributed by atoms with van der Waals surface area (Å²) in [5.74, 6) is 1.74. The number of hydrogen-bond acceptors (Lipinski definition) is 4. The molecule has 4 nitrogen and oxygen atoms in total. The van der Waals surface area contributed by atoms with Crippen molar-refractivity contribution in [2.24, 2.45) is 5.92 Å². The number of aliphatic hydroxyl groups is 1. The van der Waals surface area contributed by atoms with E-state index in [1.807, 2.05) is 19.1 Å². The first-order valence-electron chi connectivity index (χ1n) is 8.73. The van der Waals surface area contributed by atoms with Crippen LogP contribution in [-0.2, 0) is 0 Å². The van der Waals surface area contributed by atoms with Crippen LogP contribution in [-0.4, -0.2) is 55.4 Å². The van der Waals surface area contributed by atoms with Crippen LogP contribution >= 0.6 is 0 Å². The number of ether oxygens (including phenoxy) is 1. The largest absolute Gasteiger partial charge is 0.489 e. The Bertz CT molecular complexity index is 534. The Morgan fingerprint density at radius 2 is 2.09 bits per heavy atom. The minimum Gasteiger partial charge on any atom is -0.489 e. The van der Waals surface area contributed by atoms with Gasteiger partial charge in [-0.3, -0.25) is 0 Å². The second-order valence-electron chi connectivity index (χ2n) is 6.85. The molecule has 1 aromatic carbocycles. The van der Waals surface area contributed by atoms with Crippen molar-refractivity contribution in [2.45, 2.75) is 25.9 Å². The molecule has 2 N–H and O–H groups in total. The Kier molecular flexibility index (Phi) is 5.70. The summed E-state index contributed by atoms with van der Waals surface area (Å²) in [6.07, 6.45) is 4.47. The number of likely N-dealkylation sites (tertiary alicyclic amines) is 1. The standard InChI is InChI=1S/C19H28N2O2/c1-15(22)13-21-8-6-16(7-9-21)11-20-12-17-10-18-4-2-3-5-19(18)23-14-17/h2-5,10,15-16,20,22H,6-9,11-14H2,1H3/t15-/m0/s1. The molecular formula is C19H28N2O2. The van der Waals surface area contributed by atoms with E-state index >= 15 is 0 Å². The van der Waals surface area contributed by atoms with E-state index in [4.69, 9.17) is 4.74 Å². The first kappa shape index (κ1) is 16.5. The van der Waals surface area contributed by atoms with Gasteiger partial charge in [-0.2, -0.15) is 0 Å². The minimum absolute atomic E-state index is 0.217. The summed E-state index contributed by atoms with van der Waals surface area (Å²) in [5, 5.41) is 13.0. The lowest BCUT2D eigenvalue weighted by Gasteiger charge is -2.32. The highest BCUT2D eigenvalue weighted by atomic mass is 16.5. The molecule has 1 atom stereocenters. The molecule has 1 aromatic rings. The monoisotopic (exact) mass is 316 g/mol. The smallest absolute Gasteiger partial charge is 0.127 e. The summed E-state index contributed by atoms with van der Waals surface area (Å²) in [6, 6.07) is 8.19. The number of hydrogen-bond donors (Lipinski definition) is 2. The maximum absolute atomic E-state index is 9.45. The van der Waals surface area contributed by atoms with Crippen LogP contribution in [0.5, 0.6) is 5.75 Å². The molecule has 0 aromatic heterocycles. The molecule has 3 rings (SSSR count). The van der Waals surface area contributed by atoms with Crippen LogP contribution < -0.4 is 10.1 Å². The van der Waals surface area contributed by atoms with Gasteiger partial charge in [0.2, 0.25) is 0 Å². The molecule has 0 bridgehead atoms. The van der Waals surface area contributed by atoms with E-state index in [0.29, 0.717) is 6.61 Å². The van der Waals surface area contributed by atoms with Gasteiger partial charge < -0.3 is 20.1 Å². The number of fused-ring (bicyclic) bond motifs is 1. The highest BCUT2D eigenvalue weighted by molar-refractivity contribution is 5.62. The number of aliphatic hydroxyl groups excluding tert-OH is 1. The van der Waals surface area contributed by atoms with Crippen LogP contribution in [0.15, 0.2) is 29.8 Å². The van der Waals surface area contributed by atoms with Crippen molar-refractivity contribution in [1.82, 2.24) is 10.2 Å². The second-order valence-corrected chi connectivity index (χ2v) is 6.85. The van der Waals surface area contributed by atoms with Gasteiger partial charge in [-0.05, 0) is 63.0 Å². The fraction of sp³-hybridized carbons (Fsp3) is 0.579. The molecule has 2 heterocycles. The molecule has 0 aliphatic carbocycles. The zero-order valence-corrected chi connectivity index (χ0v) is 14.0. The van der Waals surface area contributed by atoms with E-state index in [-0.39, 0.29) is 6.10 Å². The number of β-amino-alcohol motifs (C(OH)–C–C–N with tert-alkyl or cyclic N) is 1. The number of piperidine rings is 1. The van der Waals surface area contributed by atoms with E-state index in [1.165, 1.54) is 24.0 Å². The molecule has 23 heavy (non-hydrogen) atoms. The molecule has 126 valence electrons. The molecule has 2 aliphatic rings. The molecule has 0 spiro atoms. The summed E-state index contributed by atoms with van der Waals surface area (Å²) >= 11 is 0. The van der Waals surface area contributed by atoms with E-state index in [0.717, 1.165) is 44.4 Å². The molecule has 1 saturated heterocycles. The van der Waals surface area contributed by atoms with Crippen LogP contribution in [0.3, 0.4) is 0 Å². The number of benzene rings is 1. The Morgan fingerprint density at radius 1 is 1.30 bits per heavy atom. The topological polar surface area (TPSA) is 44.7 Å². The highest BCUT2D eigenvalue weighted by Gasteiger charge is 2.20. The normalized spacial score (nSPS) is 20.5. The predicted molar refractivity (Wildman–Crippen MR) is 93.6 cm³/mol. The van der Waals surface area contributed by atoms with Crippen molar-refractivity contribution in [3.05, 3.63) is 35.4 Å². The van der Waals surface area contributed by atoms with Crippen molar-refractivity contribution >= 4 is 6.08 Å². The van der Waals surface area contributed by atoms with Gasteiger partial charge in [-0.15, -0.1) is 0 Å². The first-order valence-corrected chi connectivity index (χ1v) is 8.73. The Hall–Kier alpha value is -1.36. The molecule has 1 fully saturated rings. The number of rotatable bonds is 6. The lowest BCUT2D eigenvalue weighted by Crippen LogP contribution is -2.40. The molecule has 0 saturated carbocycles. The zero-order chi connectivity index (χ0) is 16.1. The van der Waals surface area contributed by atoms with Gasteiger partial charge in [-0.25, -0.2) is 0 Å². The van der Waals surface area contributed by atoms with Crippen LogP contribution in [0.2, 0.25) is 0 Å². The van der Waals surface area contributed by atoms with Gasteiger partial charge in [0.25, 0.3) is 0 Å². The number of nitrogens with zero attached hydrogens (tertiary/aromatic N) is 1. The lowest BCUT2D eigenvalue weighted by molar-refractivity contribution is 0.1000. The molecule has 0 amide bonds. The van der Waals surface area contributed by atoms with Crippen LogP contribution in [0, 0.1) is 5.92 Å². The van der Waals surface area contributed by atoms with Gasteiger partial charge in [0, 0.05) is 18.7 Å². The lowest BCUT2D eigenvalue weighted by atomic mass is 9.96. The van der Waals surface area contributed by atoms with Crippen LogP contribution in [0.4, 0.5) is 0 Å². The first-order chi connectivity index (χ1) is 11.2. The third-order valence-electron chi connectivity index (χ3n) is 4.71. The van der Waals surface area contributed by atoms with Gasteiger partial charge in [0.05, 0.1) is 6.10 Å². The minimum atomic E-state index is -0.217. The fourth-order valence-corrected chi connectivity index (χ4v) is 3.45. The summed E-state index contributed by atoms with van der Waals surface area (Å²) in [5.41, 5.74) is 2.50. The Labute approximate surface area is 139 Å². The molecule has 0 radical (unpaired) electrons. The van der Waals surface area contributed by atoms with Crippen molar-refractivity contribution in [3.63, 3.8) is 0 Å². The molecule has 0 unspecified atom stereocenters. The molecule has 4 heteroatoms. The van der Waals surface area contributed by atoms with Gasteiger partial charge in [-0.1, -0.05) is 18.2 Å². The molecule has 2 aliphatic heterocycles. The van der Waals surface area contributed by atoms with E-state index in [1.54, 1.807) is 0 Å². The van der Waals surface area contributed by atoms with Crippen molar-refractivity contribution < 1.29 is 9.84 Å². The van der Waals surface area contributed by atoms with E-state index in [2.05, 4.69) is 28.4 Å². The van der Waals surface area contributed by atoms with Gasteiger partial charge in [0.1, 0.15) is 12.4 Å². The van der Waals surface area contributed by atoms with Gasteiger partial charge >= 0.3 is 0 Å². The third kappa shape index (κ3) is 4.80. The van der Waals surface area contributed by atoms with Crippen LogP contribution in [0.25, 0.3) is 6.08 Å². The maximum Gasteiger partial charge on any atom is 0.127 e. The number of para-hydroxylation sites is 1. The quantitative estimate of drug-likeness (QED) is 0.844. The molecular weight excluding hydrogens is 288 g/mol. The second kappa shape index (κ2) is 7.95. The van der Waals surface area contributed by atoms with Gasteiger partial charge in [0.15, 0.2) is 0 Å². The summed E-state index contributed by atoms with van der Waals surface area (Å²) < 4.78 is 5.79. The maximum atomic E-state index is 9.45. The SMILES string of the molecule is C[C@H](O)CN1CCC(CNCC2=Cc3ccccc3OC2)CC1. The van der Waals surface area contributed by atoms with E-state index < -0.39 is 0 Å². The van der Waals surface area contributed by atoms with Crippen molar-refractivity contribution in [2.75, 3.05) is 39.3 Å².